The van der Waals surface area contributed by atoms with Crippen molar-refractivity contribution >= 4 is 6.09 Å². The zero-order valence-corrected chi connectivity index (χ0v) is 13.8. The first kappa shape index (κ1) is 16.5. The van der Waals surface area contributed by atoms with Gasteiger partial charge in [0.05, 0.1) is 6.04 Å². The summed E-state index contributed by atoms with van der Waals surface area (Å²) < 4.78 is 0. The van der Waals surface area contributed by atoms with Crippen molar-refractivity contribution in [1.82, 2.24) is 9.80 Å². The molecule has 0 radical (unpaired) electrons. The van der Waals surface area contributed by atoms with Gasteiger partial charge >= 0.3 is 6.09 Å². The fraction of sp³-hybridized carbons (Fsp3) is 0.350. The molecule has 1 fully saturated rings. The molecule has 0 saturated carbocycles. The molecule has 3 rings (SSSR count). The summed E-state index contributed by atoms with van der Waals surface area (Å²) in [5.74, 6) is 0. The van der Waals surface area contributed by atoms with Crippen molar-refractivity contribution in [3.63, 3.8) is 0 Å². The van der Waals surface area contributed by atoms with Gasteiger partial charge in [-0.05, 0) is 37.1 Å². The second-order valence-electron chi connectivity index (χ2n) is 6.33. The van der Waals surface area contributed by atoms with Crippen LogP contribution in [0.3, 0.4) is 0 Å². The lowest BCUT2D eigenvalue weighted by atomic mass is 10.0. The number of carbonyl (C=O) groups is 1. The molecule has 0 aromatic heterocycles. The second kappa shape index (κ2) is 7.97. The molecule has 1 saturated heterocycles. The zero-order chi connectivity index (χ0) is 16.8. The predicted octanol–water partition coefficient (Wildman–Crippen LogP) is 4.00. The Morgan fingerprint density at radius 1 is 1.00 bits per heavy atom. The number of benzene rings is 2. The lowest BCUT2D eigenvalue weighted by Crippen LogP contribution is -2.39. The van der Waals surface area contributed by atoms with Crippen LogP contribution in [0.5, 0.6) is 0 Å². The SMILES string of the molecule is O=C(O)N(Cc1ccccc1)[C@H](CN1CCCC1)c1ccccc1. The summed E-state index contributed by atoms with van der Waals surface area (Å²) in [6.45, 7) is 3.27. The number of carboxylic acid groups (broad SMARTS) is 1. The van der Waals surface area contributed by atoms with Crippen molar-refractivity contribution in [3.8, 4) is 0 Å². The summed E-state index contributed by atoms with van der Waals surface area (Å²) in [5, 5.41) is 9.85. The maximum absolute atomic E-state index is 12.0. The molecule has 4 heteroatoms. The van der Waals surface area contributed by atoms with Gasteiger partial charge in [0.2, 0.25) is 0 Å². The van der Waals surface area contributed by atoms with Gasteiger partial charge in [0.25, 0.3) is 0 Å². The van der Waals surface area contributed by atoms with E-state index in [0.717, 1.165) is 30.8 Å². The third-order valence-corrected chi connectivity index (χ3v) is 4.63. The topological polar surface area (TPSA) is 43.8 Å². The van der Waals surface area contributed by atoms with Crippen LogP contribution in [0.2, 0.25) is 0 Å². The van der Waals surface area contributed by atoms with Crippen LogP contribution < -0.4 is 0 Å². The molecule has 0 spiro atoms. The van der Waals surface area contributed by atoms with E-state index in [9.17, 15) is 9.90 Å². The Morgan fingerprint density at radius 3 is 2.17 bits per heavy atom. The first-order valence-electron chi connectivity index (χ1n) is 8.55. The predicted molar refractivity (Wildman–Crippen MR) is 94.9 cm³/mol. The third kappa shape index (κ3) is 4.15. The van der Waals surface area contributed by atoms with Crippen molar-refractivity contribution in [3.05, 3.63) is 71.8 Å². The highest BCUT2D eigenvalue weighted by Crippen LogP contribution is 2.26. The van der Waals surface area contributed by atoms with Crippen molar-refractivity contribution in [2.75, 3.05) is 19.6 Å². The molecule has 4 nitrogen and oxygen atoms in total. The van der Waals surface area contributed by atoms with Crippen molar-refractivity contribution < 1.29 is 9.90 Å². The van der Waals surface area contributed by atoms with E-state index in [4.69, 9.17) is 0 Å². The van der Waals surface area contributed by atoms with Crippen LogP contribution in [0.25, 0.3) is 0 Å². The lowest BCUT2D eigenvalue weighted by molar-refractivity contribution is 0.106. The van der Waals surface area contributed by atoms with Gasteiger partial charge < -0.3 is 10.0 Å². The molecule has 0 aliphatic carbocycles. The van der Waals surface area contributed by atoms with E-state index in [0.29, 0.717) is 6.54 Å². The highest BCUT2D eigenvalue weighted by Gasteiger charge is 2.28. The zero-order valence-electron chi connectivity index (χ0n) is 13.8. The van der Waals surface area contributed by atoms with Crippen LogP contribution in [0.4, 0.5) is 4.79 Å². The van der Waals surface area contributed by atoms with E-state index >= 15 is 0 Å². The molecule has 1 heterocycles. The molecule has 1 atom stereocenters. The number of amides is 1. The van der Waals surface area contributed by atoms with E-state index in [1.807, 2.05) is 60.7 Å². The molecule has 2 aromatic rings. The number of hydrogen-bond donors (Lipinski definition) is 1. The Bertz CT molecular complexity index is 639. The molecule has 1 amide bonds. The fourth-order valence-electron chi connectivity index (χ4n) is 3.36. The summed E-state index contributed by atoms with van der Waals surface area (Å²) >= 11 is 0. The Hall–Kier alpha value is -2.33. The van der Waals surface area contributed by atoms with Crippen LogP contribution in [0.15, 0.2) is 60.7 Å². The Kier molecular flexibility index (Phi) is 5.49. The molecule has 1 N–H and O–H groups in total. The van der Waals surface area contributed by atoms with Gasteiger partial charge in [-0.2, -0.15) is 0 Å². The van der Waals surface area contributed by atoms with Gasteiger partial charge in [0, 0.05) is 13.1 Å². The summed E-state index contributed by atoms with van der Waals surface area (Å²) in [6.07, 6.45) is 1.53. The van der Waals surface area contributed by atoms with E-state index < -0.39 is 6.09 Å². The molecule has 1 aliphatic heterocycles. The van der Waals surface area contributed by atoms with E-state index in [2.05, 4.69) is 4.90 Å². The highest BCUT2D eigenvalue weighted by atomic mass is 16.4. The number of likely N-dealkylation sites (tertiary alicyclic amines) is 1. The van der Waals surface area contributed by atoms with Gasteiger partial charge in [-0.1, -0.05) is 60.7 Å². The first-order chi connectivity index (χ1) is 11.7. The summed E-state index contributed by atoms with van der Waals surface area (Å²) in [4.78, 5) is 15.9. The molecule has 1 aliphatic rings. The normalized spacial score (nSPS) is 16.0. The quantitative estimate of drug-likeness (QED) is 0.873. The minimum Gasteiger partial charge on any atom is -0.465 e. The monoisotopic (exact) mass is 324 g/mol. The van der Waals surface area contributed by atoms with Crippen molar-refractivity contribution in [2.45, 2.75) is 25.4 Å². The highest BCUT2D eigenvalue weighted by molar-refractivity contribution is 5.66. The summed E-state index contributed by atoms with van der Waals surface area (Å²) in [5.41, 5.74) is 2.07. The van der Waals surface area contributed by atoms with E-state index in [-0.39, 0.29) is 6.04 Å². The van der Waals surface area contributed by atoms with Gasteiger partial charge in [-0.3, -0.25) is 4.90 Å². The van der Waals surface area contributed by atoms with Crippen molar-refractivity contribution in [2.24, 2.45) is 0 Å². The van der Waals surface area contributed by atoms with E-state index in [1.54, 1.807) is 4.90 Å². The number of nitrogens with zero attached hydrogens (tertiary/aromatic N) is 2. The van der Waals surface area contributed by atoms with Crippen LogP contribution in [-0.2, 0) is 6.54 Å². The number of hydrogen-bond acceptors (Lipinski definition) is 2. The van der Waals surface area contributed by atoms with Crippen molar-refractivity contribution in [1.29, 1.82) is 0 Å². The Labute approximate surface area is 143 Å². The third-order valence-electron chi connectivity index (χ3n) is 4.63. The Balaban J connectivity index is 1.86. The number of rotatable bonds is 6. The second-order valence-corrected chi connectivity index (χ2v) is 6.33. The summed E-state index contributed by atoms with van der Waals surface area (Å²) in [7, 11) is 0. The average molecular weight is 324 g/mol. The van der Waals surface area contributed by atoms with Gasteiger partial charge in [-0.15, -0.1) is 0 Å². The van der Waals surface area contributed by atoms with Gasteiger partial charge in [0.1, 0.15) is 0 Å². The smallest absolute Gasteiger partial charge is 0.408 e. The largest absolute Gasteiger partial charge is 0.465 e. The summed E-state index contributed by atoms with van der Waals surface area (Å²) in [6, 6.07) is 19.7. The van der Waals surface area contributed by atoms with Crippen LogP contribution in [-0.4, -0.2) is 40.6 Å². The molecular weight excluding hydrogens is 300 g/mol. The van der Waals surface area contributed by atoms with Crippen LogP contribution >= 0.6 is 0 Å². The lowest BCUT2D eigenvalue weighted by Gasteiger charge is -2.33. The molecule has 24 heavy (non-hydrogen) atoms. The average Bonchev–Trinajstić information content (AvgIpc) is 3.13. The minimum absolute atomic E-state index is 0.151. The standard InChI is InChI=1S/C20H24N2O2/c23-20(24)22(15-17-9-3-1-4-10-17)19(16-21-13-7-8-14-21)18-11-5-2-6-12-18/h1-6,9-12,19H,7-8,13-16H2,(H,23,24)/t19-/m1/s1. The molecule has 126 valence electrons. The van der Waals surface area contributed by atoms with Gasteiger partial charge in [0.15, 0.2) is 0 Å². The maximum atomic E-state index is 12.0. The molecule has 0 unspecified atom stereocenters. The minimum atomic E-state index is -0.869. The van der Waals surface area contributed by atoms with Crippen LogP contribution in [0, 0.1) is 0 Å². The molecule has 0 bridgehead atoms. The molecule has 2 aromatic carbocycles. The van der Waals surface area contributed by atoms with Gasteiger partial charge in [-0.25, -0.2) is 4.79 Å². The first-order valence-corrected chi connectivity index (χ1v) is 8.55. The van der Waals surface area contributed by atoms with E-state index in [1.165, 1.54) is 12.8 Å². The Morgan fingerprint density at radius 2 is 1.58 bits per heavy atom. The molecular formula is C20H24N2O2. The van der Waals surface area contributed by atoms with Crippen LogP contribution in [0.1, 0.15) is 30.0 Å². The fourth-order valence-corrected chi connectivity index (χ4v) is 3.36. The maximum Gasteiger partial charge on any atom is 0.408 e.